The number of hydrogen-bond donors (Lipinski definition) is 2. The molecule has 6 nitrogen and oxygen atoms in total. The highest BCUT2D eigenvalue weighted by molar-refractivity contribution is 7.89. The lowest BCUT2D eigenvalue weighted by molar-refractivity contribution is -0.120. The second-order valence-electron chi connectivity index (χ2n) is 6.96. The zero-order valence-electron chi connectivity index (χ0n) is 14.9. The van der Waals surface area contributed by atoms with Crippen LogP contribution in [0.15, 0.2) is 29.2 Å². The molecular formula is C18H28ClN3O3S. The van der Waals surface area contributed by atoms with E-state index < -0.39 is 10.0 Å². The first-order valence-corrected chi connectivity index (χ1v) is 10.6. The van der Waals surface area contributed by atoms with Crippen LogP contribution in [0, 0.1) is 5.92 Å². The van der Waals surface area contributed by atoms with Crippen molar-refractivity contribution >= 4 is 28.3 Å². The number of nitrogens with zero attached hydrogens (tertiary/aromatic N) is 1. The molecule has 8 heteroatoms. The van der Waals surface area contributed by atoms with Gasteiger partial charge in [0.15, 0.2) is 0 Å². The van der Waals surface area contributed by atoms with Crippen LogP contribution in [-0.4, -0.2) is 44.8 Å². The minimum absolute atomic E-state index is 0. The van der Waals surface area contributed by atoms with Crippen LogP contribution < -0.4 is 10.6 Å². The molecule has 2 aliphatic rings. The number of carbonyl (C=O) groups excluding carboxylic acids is 1. The minimum atomic E-state index is -3.43. The summed E-state index contributed by atoms with van der Waals surface area (Å²) in [6.45, 7) is 2.73. The summed E-state index contributed by atoms with van der Waals surface area (Å²) in [5, 5.41) is 5.99. The van der Waals surface area contributed by atoms with Gasteiger partial charge in [-0.3, -0.25) is 4.79 Å². The Kier molecular flexibility index (Phi) is 7.88. The molecule has 146 valence electrons. The lowest BCUT2D eigenvalue weighted by Gasteiger charge is -2.26. The van der Waals surface area contributed by atoms with Crippen LogP contribution in [-0.2, 0) is 21.4 Å². The summed E-state index contributed by atoms with van der Waals surface area (Å²) in [5.41, 5.74) is 0.800. The summed E-state index contributed by atoms with van der Waals surface area (Å²) in [4.78, 5) is 12.2. The Morgan fingerprint density at radius 1 is 1.15 bits per heavy atom. The van der Waals surface area contributed by atoms with Gasteiger partial charge in [-0.25, -0.2) is 8.42 Å². The molecule has 1 heterocycles. The minimum Gasteiger partial charge on any atom is -0.351 e. The van der Waals surface area contributed by atoms with Crippen LogP contribution in [0.3, 0.4) is 0 Å². The van der Waals surface area contributed by atoms with Gasteiger partial charge in [-0.15, -0.1) is 12.4 Å². The lowest BCUT2D eigenvalue weighted by Crippen LogP contribution is -2.36. The van der Waals surface area contributed by atoms with E-state index in [1.54, 1.807) is 22.5 Å². The second-order valence-corrected chi connectivity index (χ2v) is 8.90. The molecule has 1 amide bonds. The zero-order chi connectivity index (χ0) is 17.7. The number of nitrogens with one attached hydrogen (secondary N) is 2. The average Bonchev–Trinajstić information content (AvgIpc) is 3.45. The van der Waals surface area contributed by atoms with Crippen LogP contribution in [0.5, 0.6) is 0 Å². The predicted molar refractivity (Wildman–Crippen MR) is 104 cm³/mol. The SMILES string of the molecule is Cl.O=C(CNCC1CC1)NCc1cccc(S(=O)(=O)N2CCCCC2)c1. The fourth-order valence-electron chi connectivity index (χ4n) is 3.05. The smallest absolute Gasteiger partial charge is 0.243 e. The molecule has 1 aliphatic carbocycles. The van der Waals surface area contributed by atoms with Crippen molar-refractivity contribution in [2.45, 2.75) is 43.5 Å². The standard InChI is InChI=1S/C18H27N3O3S.ClH/c22-18(14-19-12-15-7-8-15)20-13-16-5-4-6-17(11-16)25(23,24)21-9-2-1-3-10-21;/h4-6,11,15,19H,1-3,7-10,12-14H2,(H,20,22);1H. The number of hydrogen-bond acceptors (Lipinski definition) is 4. The first-order chi connectivity index (χ1) is 12.1. The number of halogens is 1. The molecular weight excluding hydrogens is 374 g/mol. The molecule has 0 radical (unpaired) electrons. The van der Waals surface area contributed by atoms with E-state index >= 15 is 0 Å². The molecule has 1 saturated carbocycles. The Morgan fingerprint density at radius 3 is 2.58 bits per heavy atom. The van der Waals surface area contributed by atoms with Gasteiger partial charge in [-0.05, 0) is 55.8 Å². The molecule has 0 bridgehead atoms. The molecule has 1 saturated heterocycles. The predicted octanol–water partition coefficient (Wildman–Crippen LogP) is 1.90. The summed E-state index contributed by atoms with van der Waals surface area (Å²) in [5.74, 6) is 0.675. The van der Waals surface area contributed by atoms with E-state index in [4.69, 9.17) is 0 Å². The molecule has 0 spiro atoms. The first kappa shape index (κ1) is 21.2. The molecule has 1 aliphatic heterocycles. The van der Waals surface area contributed by atoms with Gasteiger partial charge in [0.05, 0.1) is 11.4 Å². The Bertz CT molecular complexity index is 701. The van der Waals surface area contributed by atoms with E-state index in [-0.39, 0.29) is 18.3 Å². The van der Waals surface area contributed by atoms with Crippen molar-refractivity contribution in [1.29, 1.82) is 0 Å². The molecule has 1 aromatic carbocycles. The van der Waals surface area contributed by atoms with Gasteiger partial charge in [-0.2, -0.15) is 4.31 Å². The Balaban J connectivity index is 0.00000243. The van der Waals surface area contributed by atoms with Crippen molar-refractivity contribution in [3.8, 4) is 0 Å². The van der Waals surface area contributed by atoms with E-state index in [1.807, 2.05) is 6.07 Å². The molecule has 1 aromatic rings. The van der Waals surface area contributed by atoms with Gasteiger partial charge in [0.1, 0.15) is 0 Å². The van der Waals surface area contributed by atoms with E-state index in [1.165, 1.54) is 12.8 Å². The van der Waals surface area contributed by atoms with E-state index in [9.17, 15) is 13.2 Å². The van der Waals surface area contributed by atoms with E-state index in [0.29, 0.717) is 31.1 Å². The highest BCUT2D eigenvalue weighted by Crippen LogP contribution is 2.27. The highest BCUT2D eigenvalue weighted by Gasteiger charge is 2.26. The van der Waals surface area contributed by atoms with Gasteiger partial charge < -0.3 is 10.6 Å². The zero-order valence-corrected chi connectivity index (χ0v) is 16.6. The summed E-state index contributed by atoms with van der Waals surface area (Å²) in [7, 11) is -3.43. The van der Waals surface area contributed by atoms with E-state index in [2.05, 4.69) is 10.6 Å². The van der Waals surface area contributed by atoms with Crippen molar-refractivity contribution in [2.75, 3.05) is 26.2 Å². The summed E-state index contributed by atoms with van der Waals surface area (Å²) in [6, 6.07) is 6.88. The normalized spacial score (nSPS) is 18.2. The van der Waals surface area contributed by atoms with Crippen LogP contribution in [0.1, 0.15) is 37.7 Å². The van der Waals surface area contributed by atoms with Gasteiger partial charge in [-0.1, -0.05) is 18.6 Å². The number of carbonyl (C=O) groups is 1. The van der Waals surface area contributed by atoms with Crippen molar-refractivity contribution in [1.82, 2.24) is 14.9 Å². The quantitative estimate of drug-likeness (QED) is 0.697. The lowest BCUT2D eigenvalue weighted by atomic mass is 10.2. The van der Waals surface area contributed by atoms with Crippen LogP contribution >= 0.6 is 12.4 Å². The fraction of sp³-hybridized carbons (Fsp3) is 0.611. The number of benzene rings is 1. The second kappa shape index (κ2) is 9.69. The molecule has 0 atom stereocenters. The first-order valence-electron chi connectivity index (χ1n) is 9.12. The Labute approximate surface area is 162 Å². The van der Waals surface area contributed by atoms with Gasteiger partial charge in [0.25, 0.3) is 0 Å². The number of amides is 1. The number of sulfonamides is 1. The molecule has 0 unspecified atom stereocenters. The third-order valence-electron chi connectivity index (χ3n) is 4.76. The van der Waals surface area contributed by atoms with Gasteiger partial charge >= 0.3 is 0 Å². The molecule has 3 rings (SSSR count). The summed E-state index contributed by atoms with van der Waals surface area (Å²) >= 11 is 0. The maximum Gasteiger partial charge on any atom is 0.243 e. The Morgan fingerprint density at radius 2 is 1.88 bits per heavy atom. The fourth-order valence-corrected chi connectivity index (χ4v) is 4.63. The number of piperidine rings is 1. The maximum atomic E-state index is 12.7. The molecule has 0 aromatic heterocycles. The Hall–Kier alpha value is -1.15. The molecule has 2 fully saturated rings. The van der Waals surface area contributed by atoms with E-state index in [0.717, 1.165) is 37.3 Å². The van der Waals surface area contributed by atoms with Crippen LogP contribution in [0.4, 0.5) is 0 Å². The highest BCUT2D eigenvalue weighted by atomic mass is 35.5. The summed E-state index contributed by atoms with van der Waals surface area (Å²) in [6.07, 6.45) is 5.44. The van der Waals surface area contributed by atoms with Gasteiger partial charge in [0, 0.05) is 19.6 Å². The molecule has 2 N–H and O–H groups in total. The van der Waals surface area contributed by atoms with Crippen molar-refractivity contribution < 1.29 is 13.2 Å². The largest absolute Gasteiger partial charge is 0.351 e. The van der Waals surface area contributed by atoms with Gasteiger partial charge in [0.2, 0.25) is 15.9 Å². The van der Waals surface area contributed by atoms with Crippen LogP contribution in [0.25, 0.3) is 0 Å². The maximum absolute atomic E-state index is 12.7. The van der Waals surface area contributed by atoms with Crippen molar-refractivity contribution in [3.05, 3.63) is 29.8 Å². The number of rotatable bonds is 8. The van der Waals surface area contributed by atoms with Crippen molar-refractivity contribution in [2.24, 2.45) is 5.92 Å². The third-order valence-corrected chi connectivity index (χ3v) is 6.65. The third kappa shape index (κ3) is 5.94. The summed E-state index contributed by atoms with van der Waals surface area (Å²) < 4.78 is 27.0. The average molecular weight is 402 g/mol. The van der Waals surface area contributed by atoms with Crippen molar-refractivity contribution in [3.63, 3.8) is 0 Å². The van der Waals surface area contributed by atoms with Crippen LogP contribution in [0.2, 0.25) is 0 Å². The molecule has 26 heavy (non-hydrogen) atoms. The topological polar surface area (TPSA) is 78.5 Å². The monoisotopic (exact) mass is 401 g/mol.